The van der Waals surface area contributed by atoms with Crippen LogP contribution in [0.2, 0.25) is 0 Å². The van der Waals surface area contributed by atoms with E-state index in [9.17, 15) is 0 Å². The molecule has 0 unspecified atom stereocenters. The molecule has 0 aromatic heterocycles. The topological polar surface area (TPSA) is 45.6 Å². The number of hydrazine groups is 1. The monoisotopic (exact) mass is 317 g/mol. The van der Waals surface area contributed by atoms with Gasteiger partial charge < -0.3 is 4.74 Å². The Morgan fingerprint density at radius 3 is 2.55 bits per heavy atom. The zero-order valence-electron chi connectivity index (χ0n) is 13.1. The molecule has 2 aliphatic rings. The molecule has 0 radical (unpaired) electrons. The summed E-state index contributed by atoms with van der Waals surface area (Å²) in [6.07, 6.45) is 5.16. The lowest BCUT2D eigenvalue weighted by atomic mass is 9.86. The molecule has 3 rings (SSSR count). The number of aliphatic imine (C=N–C) groups is 1. The molecule has 0 spiro atoms. The summed E-state index contributed by atoms with van der Waals surface area (Å²) in [4.78, 5) is 4.87. The number of ether oxygens (including phenoxy) is 1. The molecule has 1 fully saturated rings. The van der Waals surface area contributed by atoms with E-state index in [1.54, 1.807) is 18.9 Å². The van der Waals surface area contributed by atoms with Crippen LogP contribution in [-0.2, 0) is 0 Å². The van der Waals surface area contributed by atoms with Gasteiger partial charge in [-0.05, 0) is 43.0 Å². The fourth-order valence-corrected chi connectivity index (χ4v) is 3.64. The number of nitrogens with one attached hydrogen (secondary N) is 2. The van der Waals surface area contributed by atoms with Gasteiger partial charge in [0.05, 0.1) is 18.8 Å². The fourth-order valence-electron chi connectivity index (χ4n) is 2.91. The maximum absolute atomic E-state index is 5.19. The standard InChI is InChI=1S/C17H23N3OS/c1-12-5-3-4-6-15(12)18-17-20-19-16(11-22-17)13-7-9-14(21-2)10-8-13/h7-12,15,19H,3-6H2,1-2H3,(H,18,20)/t12-,15-/m1/s1. The summed E-state index contributed by atoms with van der Waals surface area (Å²) in [7, 11) is 1.68. The average molecular weight is 317 g/mol. The summed E-state index contributed by atoms with van der Waals surface area (Å²) in [5, 5.41) is 3.08. The predicted octanol–water partition coefficient (Wildman–Crippen LogP) is 3.77. The fraction of sp³-hybridized carbons (Fsp3) is 0.471. The van der Waals surface area contributed by atoms with E-state index >= 15 is 0 Å². The van der Waals surface area contributed by atoms with Gasteiger partial charge in [0, 0.05) is 11.0 Å². The second-order valence-electron chi connectivity index (χ2n) is 5.89. The molecular formula is C17H23N3OS. The first kappa shape index (κ1) is 15.3. The maximum atomic E-state index is 5.19. The van der Waals surface area contributed by atoms with Gasteiger partial charge in [0.1, 0.15) is 5.75 Å². The van der Waals surface area contributed by atoms with Crippen LogP contribution in [0.15, 0.2) is 34.7 Å². The Morgan fingerprint density at radius 1 is 1.14 bits per heavy atom. The molecule has 2 N–H and O–H groups in total. The molecule has 0 saturated heterocycles. The Balaban J connectivity index is 1.65. The van der Waals surface area contributed by atoms with Gasteiger partial charge in [0.15, 0.2) is 5.17 Å². The molecule has 0 bridgehead atoms. The first-order valence-corrected chi connectivity index (χ1v) is 8.75. The van der Waals surface area contributed by atoms with E-state index in [4.69, 9.17) is 9.73 Å². The van der Waals surface area contributed by atoms with E-state index in [1.165, 1.54) is 25.7 Å². The van der Waals surface area contributed by atoms with Gasteiger partial charge in [-0.3, -0.25) is 15.8 Å². The van der Waals surface area contributed by atoms with Gasteiger partial charge in [-0.25, -0.2) is 0 Å². The molecule has 1 aromatic rings. The van der Waals surface area contributed by atoms with Crippen molar-refractivity contribution < 1.29 is 4.74 Å². The number of benzene rings is 1. The van der Waals surface area contributed by atoms with Crippen molar-refractivity contribution in [2.24, 2.45) is 10.9 Å². The van der Waals surface area contributed by atoms with E-state index in [0.717, 1.165) is 22.2 Å². The lowest BCUT2D eigenvalue weighted by molar-refractivity contribution is 0.332. The third-order valence-electron chi connectivity index (χ3n) is 4.34. The zero-order valence-corrected chi connectivity index (χ0v) is 14.0. The van der Waals surface area contributed by atoms with Gasteiger partial charge in [-0.1, -0.05) is 31.5 Å². The highest BCUT2D eigenvalue weighted by molar-refractivity contribution is 8.16. The van der Waals surface area contributed by atoms with Crippen LogP contribution in [0.5, 0.6) is 5.75 Å². The molecule has 1 aromatic carbocycles. The van der Waals surface area contributed by atoms with Crippen LogP contribution < -0.4 is 15.6 Å². The molecular weight excluding hydrogens is 294 g/mol. The second-order valence-corrected chi connectivity index (χ2v) is 6.75. The molecule has 1 aliphatic carbocycles. The number of rotatable bonds is 3. The predicted molar refractivity (Wildman–Crippen MR) is 93.7 cm³/mol. The molecule has 118 valence electrons. The van der Waals surface area contributed by atoms with Gasteiger partial charge in [0.25, 0.3) is 0 Å². The Kier molecular flexibility index (Phi) is 4.93. The van der Waals surface area contributed by atoms with Crippen LogP contribution in [0.1, 0.15) is 38.2 Å². The Labute approximate surface area is 136 Å². The van der Waals surface area contributed by atoms with E-state index in [1.807, 2.05) is 24.3 Å². The first-order chi connectivity index (χ1) is 10.8. The highest BCUT2D eigenvalue weighted by atomic mass is 32.2. The quantitative estimate of drug-likeness (QED) is 0.891. The summed E-state index contributed by atoms with van der Waals surface area (Å²) < 4.78 is 5.19. The van der Waals surface area contributed by atoms with Crippen molar-refractivity contribution in [2.75, 3.05) is 7.11 Å². The number of thioether (sulfide) groups is 1. The average Bonchev–Trinajstić information content (AvgIpc) is 2.58. The number of nitrogens with zero attached hydrogens (tertiary/aromatic N) is 1. The van der Waals surface area contributed by atoms with Crippen molar-refractivity contribution in [1.82, 2.24) is 10.9 Å². The number of hydrogen-bond acceptors (Lipinski definition) is 4. The second kappa shape index (κ2) is 7.09. The zero-order chi connectivity index (χ0) is 15.4. The Bertz CT molecular complexity index is 568. The third kappa shape index (κ3) is 3.58. The normalized spacial score (nSPS) is 26.8. The van der Waals surface area contributed by atoms with E-state index in [0.29, 0.717) is 12.0 Å². The van der Waals surface area contributed by atoms with Crippen molar-refractivity contribution in [3.05, 3.63) is 35.2 Å². The van der Waals surface area contributed by atoms with Crippen LogP contribution in [0, 0.1) is 5.92 Å². The highest BCUT2D eigenvalue weighted by Gasteiger charge is 2.22. The van der Waals surface area contributed by atoms with Gasteiger partial charge in [0.2, 0.25) is 0 Å². The molecule has 5 heteroatoms. The molecule has 1 saturated carbocycles. The largest absolute Gasteiger partial charge is 0.497 e. The first-order valence-electron chi connectivity index (χ1n) is 7.87. The Hall–Kier alpha value is -1.62. The minimum absolute atomic E-state index is 0.460. The molecule has 1 aliphatic heterocycles. The van der Waals surface area contributed by atoms with Gasteiger partial charge in [-0.15, -0.1) is 0 Å². The number of hydrogen-bond donors (Lipinski definition) is 2. The minimum atomic E-state index is 0.460. The SMILES string of the molecule is COc1ccc(C2=CSC(=N[C@@H]3CCCC[C@H]3C)NN2)cc1. The third-order valence-corrected chi connectivity index (χ3v) is 5.13. The van der Waals surface area contributed by atoms with E-state index in [-0.39, 0.29) is 0 Å². The van der Waals surface area contributed by atoms with Gasteiger partial charge in [-0.2, -0.15) is 0 Å². The summed E-state index contributed by atoms with van der Waals surface area (Å²) in [6.45, 7) is 2.31. The van der Waals surface area contributed by atoms with Crippen molar-refractivity contribution >= 4 is 22.6 Å². The van der Waals surface area contributed by atoms with E-state index in [2.05, 4.69) is 23.2 Å². The van der Waals surface area contributed by atoms with Crippen LogP contribution in [0.3, 0.4) is 0 Å². The van der Waals surface area contributed by atoms with Crippen LogP contribution >= 0.6 is 11.8 Å². The van der Waals surface area contributed by atoms with Crippen molar-refractivity contribution in [3.63, 3.8) is 0 Å². The molecule has 1 heterocycles. The van der Waals surface area contributed by atoms with Crippen molar-refractivity contribution in [2.45, 2.75) is 38.6 Å². The van der Waals surface area contributed by atoms with Gasteiger partial charge >= 0.3 is 0 Å². The number of methoxy groups -OCH3 is 1. The van der Waals surface area contributed by atoms with Crippen LogP contribution in [0.4, 0.5) is 0 Å². The Morgan fingerprint density at radius 2 is 1.91 bits per heavy atom. The molecule has 22 heavy (non-hydrogen) atoms. The minimum Gasteiger partial charge on any atom is -0.497 e. The van der Waals surface area contributed by atoms with Crippen molar-refractivity contribution in [1.29, 1.82) is 0 Å². The smallest absolute Gasteiger partial charge is 0.180 e. The maximum Gasteiger partial charge on any atom is 0.180 e. The lowest BCUT2D eigenvalue weighted by Gasteiger charge is -2.27. The van der Waals surface area contributed by atoms with Crippen molar-refractivity contribution in [3.8, 4) is 5.75 Å². The summed E-state index contributed by atoms with van der Waals surface area (Å²) in [5.74, 6) is 1.56. The summed E-state index contributed by atoms with van der Waals surface area (Å²) in [6, 6.07) is 8.49. The molecule has 4 nitrogen and oxygen atoms in total. The van der Waals surface area contributed by atoms with Crippen LogP contribution in [0.25, 0.3) is 5.70 Å². The lowest BCUT2D eigenvalue weighted by Crippen LogP contribution is -2.38. The molecule has 2 atom stereocenters. The summed E-state index contributed by atoms with van der Waals surface area (Å²) >= 11 is 1.65. The number of amidine groups is 1. The molecule has 0 amide bonds. The highest BCUT2D eigenvalue weighted by Crippen LogP contribution is 2.28. The summed E-state index contributed by atoms with van der Waals surface area (Å²) in [5.41, 5.74) is 8.66. The van der Waals surface area contributed by atoms with E-state index < -0.39 is 0 Å². The van der Waals surface area contributed by atoms with Crippen LogP contribution in [-0.4, -0.2) is 18.3 Å².